The molecule has 1 aromatic carbocycles. The SMILES string of the molecule is CCc1cc(-c2cc(Cl)ccc2OCCn2c(C)nc3cc(C(F)(F)F)c(N4CCN(C)CC4)nc3c2=O)c2scc(C(=O)O)c2n1. The Bertz CT molecular complexity index is 2070. The van der Waals surface area contributed by atoms with Gasteiger partial charge in [0, 0.05) is 53.4 Å². The number of halogens is 4. The quantitative estimate of drug-likeness (QED) is 0.206. The maximum Gasteiger partial charge on any atom is 0.420 e. The Morgan fingerprint density at radius 1 is 1.06 bits per heavy atom. The number of carboxylic acid groups (broad SMARTS) is 1. The highest BCUT2D eigenvalue weighted by Gasteiger charge is 2.37. The van der Waals surface area contributed by atoms with Crippen molar-refractivity contribution in [1.29, 1.82) is 0 Å². The molecule has 1 aliphatic rings. The Balaban J connectivity index is 1.34. The van der Waals surface area contributed by atoms with Crippen molar-refractivity contribution < 1.29 is 27.8 Å². The Hall–Kier alpha value is -4.27. The maximum atomic E-state index is 14.1. The summed E-state index contributed by atoms with van der Waals surface area (Å²) in [6.07, 6.45) is -4.11. The summed E-state index contributed by atoms with van der Waals surface area (Å²) in [7, 11) is 1.90. The van der Waals surface area contributed by atoms with Gasteiger partial charge >= 0.3 is 12.1 Å². The number of aryl methyl sites for hydroxylation is 2. The van der Waals surface area contributed by atoms with Gasteiger partial charge in [-0.1, -0.05) is 18.5 Å². The van der Waals surface area contributed by atoms with E-state index in [2.05, 4.69) is 15.0 Å². The second kappa shape index (κ2) is 12.7. The van der Waals surface area contributed by atoms with Crippen molar-refractivity contribution in [1.82, 2.24) is 24.4 Å². The number of carboxylic acids is 1. The number of thiophene rings is 1. The van der Waals surface area contributed by atoms with Crippen molar-refractivity contribution in [3.05, 3.63) is 73.7 Å². The standard InChI is InChI=1S/C32H30ClF3N6O4S/c1-4-19-14-21(28-26(38-19)22(16-47-28)31(44)45)20-13-18(33)5-6-25(20)46-12-11-42-17(2)37-24-15-23(32(34,35)36)29(39-27(24)30(42)43)41-9-7-40(3)8-10-41/h5-6,13-16H,4,7-12H2,1-3H3,(H,44,45). The number of likely N-dealkylation sites (N-methyl/N-ethyl adjacent to an activating group) is 1. The van der Waals surface area contributed by atoms with Gasteiger partial charge < -0.3 is 19.6 Å². The van der Waals surface area contributed by atoms with Crippen LogP contribution in [0.5, 0.6) is 5.75 Å². The van der Waals surface area contributed by atoms with Crippen molar-refractivity contribution in [2.24, 2.45) is 0 Å². The van der Waals surface area contributed by atoms with E-state index in [0.29, 0.717) is 70.4 Å². The molecule has 1 fully saturated rings. The van der Waals surface area contributed by atoms with Crippen LogP contribution >= 0.6 is 22.9 Å². The molecule has 0 atom stereocenters. The third kappa shape index (κ3) is 6.36. The predicted octanol–water partition coefficient (Wildman–Crippen LogP) is 6.14. The van der Waals surface area contributed by atoms with E-state index < -0.39 is 23.3 Å². The Morgan fingerprint density at radius 2 is 1.81 bits per heavy atom. The highest BCUT2D eigenvalue weighted by Crippen LogP contribution is 2.41. The zero-order chi connectivity index (χ0) is 33.6. The molecule has 0 bridgehead atoms. The van der Waals surface area contributed by atoms with Crippen LogP contribution in [0.3, 0.4) is 0 Å². The number of carbonyl (C=O) groups is 1. The Labute approximate surface area is 276 Å². The van der Waals surface area contributed by atoms with E-state index in [1.807, 2.05) is 24.9 Å². The van der Waals surface area contributed by atoms with Crippen molar-refractivity contribution in [3.63, 3.8) is 0 Å². The minimum atomic E-state index is -4.68. The third-order valence-corrected chi connectivity index (χ3v) is 9.42. The van der Waals surface area contributed by atoms with Crippen molar-refractivity contribution in [3.8, 4) is 16.9 Å². The molecule has 0 unspecified atom stereocenters. The Kier molecular flexibility index (Phi) is 8.85. The number of fused-ring (bicyclic) bond motifs is 2. The number of rotatable bonds is 8. The average molecular weight is 687 g/mol. The molecule has 1 saturated heterocycles. The number of anilines is 1. The van der Waals surface area contributed by atoms with Gasteiger partial charge in [0.05, 0.1) is 27.8 Å². The van der Waals surface area contributed by atoms with Crippen molar-refractivity contribution in [2.75, 3.05) is 44.7 Å². The number of hydrogen-bond donors (Lipinski definition) is 1. The molecule has 10 nitrogen and oxygen atoms in total. The molecule has 6 rings (SSSR count). The lowest BCUT2D eigenvalue weighted by molar-refractivity contribution is -0.137. The monoisotopic (exact) mass is 686 g/mol. The van der Waals surface area contributed by atoms with Crippen LogP contribution in [0.15, 0.2) is 40.5 Å². The summed E-state index contributed by atoms with van der Waals surface area (Å²) >= 11 is 7.65. The summed E-state index contributed by atoms with van der Waals surface area (Å²) in [5, 5.41) is 11.7. The van der Waals surface area contributed by atoms with E-state index in [1.54, 1.807) is 35.4 Å². The van der Waals surface area contributed by atoms with Crippen molar-refractivity contribution in [2.45, 2.75) is 33.0 Å². The fraction of sp³-hybridized carbons (Fsp3) is 0.344. The first-order chi connectivity index (χ1) is 22.3. The number of pyridine rings is 2. The first-order valence-electron chi connectivity index (χ1n) is 14.9. The van der Waals surface area contributed by atoms with Crippen LogP contribution in [0.2, 0.25) is 5.02 Å². The molecule has 0 spiro atoms. The number of piperazine rings is 1. The number of nitrogens with zero attached hydrogens (tertiary/aromatic N) is 6. The van der Waals surface area contributed by atoms with Gasteiger partial charge in [0.2, 0.25) is 0 Å². The summed E-state index contributed by atoms with van der Waals surface area (Å²) in [6, 6.07) is 7.86. The number of ether oxygens (including phenoxy) is 1. The van der Waals surface area contributed by atoms with Crippen LogP contribution < -0.4 is 15.2 Å². The van der Waals surface area contributed by atoms with Gasteiger partial charge in [-0.2, -0.15) is 13.2 Å². The van der Waals surface area contributed by atoms with Crippen LogP contribution in [0.25, 0.3) is 32.4 Å². The second-order valence-electron chi connectivity index (χ2n) is 11.3. The maximum absolute atomic E-state index is 14.1. The smallest absolute Gasteiger partial charge is 0.420 e. The van der Waals surface area contributed by atoms with E-state index in [-0.39, 0.29) is 41.4 Å². The van der Waals surface area contributed by atoms with Gasteiger partial charge in [0.1, 0.15) is 29.6 Å². The van der Waals surface area contributed by atoms with Gasteiger partial charge in [0.25, 0.3) is 5.56 Å². The van der Waals surface area contributed by atoms with Gasteiger partial charge in [-0.25, -0.2) is 14.8 Å². The lowest BCUT2D eigenvalue weighted by atomic mass is 10.0. The van der Waals surface area contributed by atoms with Gasteiger partial charge in [-0.05, 0) is 50.7 Å². The molecule has 0 radical (unpaired) electrons. The zero-order valence-electron chi connectivity index (χ0n) is 25.7. The Morgan fingerprint density at radius 3 is 2.49 bits per heavy atom. The van der Waals surface area contributed by atoms with Gasteiger partial charge in [-0.3, -0.25) is 14.3 Å². The summed E-state index contributed by atoms with van der Waals surface area (Å²) < 4.78 is 50.5. The summed E-state index contributed by atoms with van der Waals surface area (Å²) in [5.41, 5.74) is 0.750. The highest BCUT2D eigenvalue weighted by atomic mass is 35.5. The first-order valence-corrected chi connectivity index (χ1v) is 16.1. The van der Waals surface area contributed by atoms with Crippen LogP contribution in [-0.4, -0.2) is 75.3 Å². The minimum absolute atomic E-state index is 0.00813. The molecule has 246 valence electrons. The van der Waals surface area contributed by atoms with Gasteiger partial charge in [0.15, 0.2) is 5.52 Å². The molecule has 5 aromatic rings. The highest BCUT2D eigenvalue weighted by molar-refractivity contribution is 7.18. The molecule has 0 aliphatic carbocycles. The number of alkyl halides is 3. The van der Waals surface area contributed by atoms with Crippen LogP contribution in [0, 0.1) is 6.92 Å². The second-order valence-corrected chi connectivity index (χ2v) is 12.6. The summed E-state index contributed by atoms with van der Waals surface area (Å²) in [4.78, 5) is 42.3. The fourth-order valence-electron chi connectivity index (χ4n) is 5.66. The zero-order valence-corrected chi connectivity index (χ0v) is 27.3. The molecule has 1 aliphatic heterocycles. The first kappa shape index (κ1) is 32.7. The number of hydrogen-bond acceptors (Lipinski definition) is 9. The van der Waals surface area contributed by atoms with E-state index in [0.717, 1.165) is 6.07 Å². The normalized spacial score (nSPS) is 14.3. The molecule has 5 heterocycles. The fourth-order valence-corrected chi connectivity index (χ4v) is 6.84. The van der Waals surface area contributed by atoms with E-state index >= 15 is 0 Å². The predicted molar refractivity (Wildman–Crippen MR) is 175 cm³/mol. The van der Waals surface area contributed by atoms with Crippen LogP contribution in [0.1, 0.15) is 34.4 Å². The van der Waals surface area contributed by atoms with Gasteiger partial charge in [-0.15, -0.1) is 11.3 Å². The average Bonchev–Trinajstić information content (AvgIpc) is 3.47. The molecule has 4 aromatic heterocycles. The lowest BCUT2D eigenvalue weighted by Crippen LogP contribution is -2.45. The molecule has 0 saturated carbocycles. The number of aromatic nitrogens is 4. The topological polar surface area (TPSA) is 114 Å². The third-order valence-electron chi connectivity index (χ3n) is 8.18. The molecule has 1 N–H and O–H groups in total. The summed E-state index contributed by atoms with van der Waals surface area (Å²) in [6.45, 7) is 5.33. The number of aromatic carboxylic acids is 1. The summed E-state index contributed by atoms with van der Waals surface area (Å²) in [5.74, 6) is -0.689. The minimum Gasteiger partial charge on any atom is -0.491 e. The number of benzene rings is 1. The molecule has 0 amide bonds. The molecule has 47 heavy (non-hydrogen) atoms. The van der Waals surface area contributed by atoms with E-state index in [9.17, 15) is 27.9 Å². The van der Waals surface area contributed by atoms with Crippen LogP contribution in [0.4, 0.5) is 19.0 Å². The molecular weight excluding hydrogens is 657 g/mol. The van der Waals surface area contributed by atoms with Crippen LogP contribution in [-0.2, 0) is 19.1 Å². The molecule has 15 heteroatoms. The largest absolute Gasteiger partial charge is 0.491 e. The van der Waals surface area contributed by atoms with Crippen molar-refractivity contribution >= 4 is 56.0 Å². The lowest BCUT2D eigenvalue weighted by Gasteiger charge is -2.34. The van der Waals surface area contributed by atoms with E-state index in [1.165, 1.54) is 15.9 Å². The molecular formula is C32H30ClF3N6O4S. The van der Waals surface area contributed by atoms with E-state index in [4.69, 9.17) is 16.3 Å².